The molecule has 0 spiro atoms. The normalized spacial score (nSPS) is 13.8. The second kappa shape index (κ2) is 7.86. The van der Waals surface area contributed by atoms with Gasteiger partial charge in [0.25, 0.3) is 5.91 Å². The van der Waals surface area contributed by atoms with Crippen LogP contribution in [0.2, 0.25) is 0 Å². The van der Waals surface area contributed by atoms with Crippen molar-refractivity contribution in [3.05, 3.63) is 22.2 Å². The van der Waals surface area contributed by atoms with Gasteiger partial charge in [-0.2, -0.15) is 0 Å². The molecule has 0 aromatic heterocycles. The van der Waals surface area contributed by atoms with Gasteiger partial charge in [0, 0.05) is 18.7 Å². The minimum atomic E-state index is 0.0656. The monoisotopic (exact) mass is 369 g/mol. The Kier molecular flexibility index (Phi) is 6.12. The van der Waals surface area contributed by atoms with Crippen molar-refractivity contribution in [2.24, 2.45) is 5.92 Å². The Balaban J connectivity index is 2.25. The summed E-state index contributed by atoms with van der Waals surface area (Å²) in [4.78, 5) is 14.8. The lowest BCUT2D eigenvalue weighted by Gasteiger charge is -2.23. The van der Waals surface area contributed by atoms with E-state index in [1.54, 1.807) is 13.2 Å². The van der Waals surface area contributed by atoms with E-state index < -0.39 is 0 Å². The summed E-state index contributed by atoms with van der Waals surface area (Å²) in [6.07, 6.45) is 3.45. The molecular formula is C17H24BrNO3. The summed E-state index contributed by atoms with van der Waals surface area (Å²) in [7, 11) is 1.59. The zero-order valence-corrected chi connectivity index (χ0v) is 15.1. The standard InChI is InChI=1S/C17H24BrNO3/c1-4-8-19(11-12-6-7-12)17(20)13-9-14(18)16(22-5-2)15(10-13)21-3/h9-10,12H,4-8,11H2,1-3H3. The summed E-state index contributed by atoms with van der Waals surface area (Å²) >= 11 is 3.48. The highest BCUT2D eigenvalue weighted by molar-refractivity contribution is 9.10. The SMILES string of the molecule is CCCN(CC1CC1)C(=O)c1cc(Br)c(OCC)c(OC)c1. The summed E-state index contributed by atoms with van der Waals surface area (Å²) in [5.41, 5.74) is 0.640. The number of hydrogen-bond donors (Lipinski definition) is 0. The molecule has 0 heterocycles. The Bertz CT molecular complexity index is 529. The number of halogens is 1. The zero-order valence-electron chi connectivity index (χ0n) is 13.5. The maximum absolute atomic E-state index is 12.8. The quantitative estimate of drug-likeness (QED) is 0.691. The van der Waals surface area contributed by atoms with Crippen molar-refractivity contribution in [2.45, 2.75) is 33.1 Å². The van der Waals surface area contributed by atoms with Crippen LogP contribution in [-0.4, -0.2) is 37.6 Å². The smallest absolute Gasteiger partial charge is 0.254 e. The van der Waals surface area contributed by atoms with Gasteiger partial charge < -0.3 is 14.4 Å². The second-order valence-electron chi connectivity index (χ2n) is 5.62. The summed E-state index contributed by atoms with van der Waals surface area (Å²) in [6, 6.07) is 3.60. The van der Waals surface area contributed by atoms with Crippen LogP contribution in [-0.2, 0) is 0 Å². The highest BCUT2D eigenvalue weighted by Gasteiger charge is 2.27. The van der Waals surface area contributed by atoms with Gasteiger partial charge in [0.2, 0.25) is 0 Å². The first-order chi connectivity index (χ1) is 10.6. The lowest BCUT2D eigenvalue weighted by molar-refractivity contribution is 0.0747. The van der Waals surface area contributed by atoms with Crippen LogP contribution in [0.15, 0.2) is 16.6 Å². The molecule has 4 nitrogen and oxygen atoms in total. The van der Waals surface area contributed by atoms with Crippen molar-refractivity contribution in [1.82, 2.24) is 4.90 Å². The minimum absolute atomic E-state index is 0.0656. The number of rotatable bonds is 8. The fourth-order valence-electron chi connectivity index (χ4n) is 2.47. The molecule has 2 rings (SSSR count). The van der Waals surface area contributed by atoms with Crippen LogP contribution >= 0.6 is 15.9 Å². The molecule has 22 heavy (non-hydrogen) atoms. The first-order valence-electron chi connectivity index (χ1n) is 7.90. The molecule has 1 aromatic rings. The fourth-order valence-corrected chi connectivity index (χ4v) is 3.02. The third-order valence-electron chi connectivity index (χ3n) is 3.72. The van der Waals surface area contributed by atoms with Crippen molar-refractivity contribution in [3.63, 3.8) is 0 Å². The zero-order chi connectivity index (χ0) is 16.1. The summed E-state index contributed by atoms with van der Waals surface area (Å²) in [5, 5.41) is 0. The van der Waals surface area contributed by atoms with Gasteiger partial charge in [-0.3, -0.25) is 4.79 Å². The second-order valence-corrected chi connectivity index (χ2v) is 6.47. The summed E-state index contributed by atoms with van der Waals surface area (Å²) in [6.45, 7) is 6.22. The highest BCUT2D eigenvalue weighted by Crippen LogP contribution is 2.37. The van der Waals surface area contributed by atoms with E-state index >= 15 is 0 Å². The molecule has 5 heteroatoms. The number of carbonyl (C=O) groups excluding carboxylic acids is 1. The highest BCUT2D eigenvalue weighted by atomic mass is 79.9. The lowest BCUT2D eigenvalue weighted by Crippen LogP contribution is -2.33. The summed E-state index contributed by atoms with van der Waals surface area (Å²) < 4.78 is 11.7. The van der Waals surface area contributed by atoms with Gasteiger partial charge in [-0.05, 0) is 60.2 Å². The van der Waals surface area contributed by atoms with Gasteiger partial charge >= 0.3 is 0 Å². The van der Waals surface area contributed by atoms with Gasteiger partial charge in [0.1, 0.15) is 0 Å². The van der Waals surface area contributed by atoms with Crippen molar-refractivity contribution in [3.8, 4) is 11.5 Å². The van der Waals surface area contributed by atoms with E-state index in [4.69, 9.17) is 9.47 Å². The first kappa shape index (κ1) is 17.1. The number of amides is 1. The molecule has 0 N–H and O–H groups in total. The maximum Gasteiger partial charge on any atom is 0.254 e. The largest absolute Gasteiger partial charge is 0.493 e. The van der Waals surface area contributed by atoms with E-state index in [2.05, 4.69) is 22.9 Å². The molecule has 122 valence electrons. The fraction of sp³-hybridized carbons (Fsp3) is 0.588. The number of methoxy groups -OCH3 is 1. The average Bonchev–Trinajstić information content (AvgIpc) is 3.32. The van der Waals surface area contributed by atoms with Crippen LogP contribution in [0.3, 0.4) is 0 Å². The Morgan fingerprint density at radius 1 is 1.36 bits per heavy atom. The van der Waals surface area contributed by atoms with Crippen LogP contribution in [0, 0.1) is 5.92 Å². The number of nitrogens with zero attached hydrogens (tertiary/aromatic N) is 1. The number of hydrogen-bond acceptors (Lipinski definition) is 3. The Morgan fingerprint density at radius 3 is 2.64 bits per heavy atom. The molecular weight excluding hydrogens is 346 g/mol. The van der Waals surface area contributed by atoms with Crippen LogP contribution in [0.4, 0.5) is 0 Å². The molecule has 0 saturated heterocycles. The first-order valence-corrected chi connectivity index (χ1v) is 8.69. The minimum Gasteiger partial charge on any atom is -0.493 e. The molecule has 1 aliphatic carbocycles. The van der Waals surface area contributed by atoms with Gasteiger partial charge in [-0.25, -0.2) is 0 Å². The van der Waals surface area contributed by atoms with Crippen LogP contribution in [0.5, 0.6) is 11.5 Å². The molecule has 1 fully saturated rings. The Morgan fingerprint density at radius 2 is 2.09 bits per heavy atom. The maximum atomic E-state index is 12.8. The average molecular weight is 370 g/mol. The molecule has 0 unspecified atom stereocenters. The van der Waals surface area contributed by atoms with E-state index in [1.165, 1.54) is 12.8 Å². The lowest BCUT2D eigenvalue weighted by atomic mass is 10.1. The van der Waals surface area contributed by atoms with E-state index in [9.17, 15) is 4.79 Å². The number of ether oxygens (including phenoxy) is 2. The van der Waals surface area contributed by atoms with E-state index in [0.29, 0.717) is 29.6 Å². The molecule has 1 aliphatic rings. The molecule has 1 aromatic carbocycles. The molecule has 0 radical (unpaired) electrons. The van der Waals surface area contributed by atoms with E-state index in [1.807, 2.05) is 17.9 Å². The van der Waals surface area contributed by atoms with Crippen molar-refractivity contribution in [2.75, 3.05) is 26.8 Å². The van der Waals surface area contributed by atoms with Crippen LogP contribution in [0.1, 0.15) is 43.5 Å². The van der Waals surface area contributed by atoms with Crippen LogP contribution in [0.25, 0.3) is 0 Å². The molecule has 0 aliphatic heterocycles. The Labute approximate surface area is 140 Å². The van der Waals surface area contributed by atoms with Gasteiger partial charge in [-0.1, -0.05) is 6.92 Å². The Hall–Kier alpha value is -1.23. The summed E-state index contributed by atoms with van der Waals surface area (Å²) in [5.74, 6) is 1.98. The number of benzene rings is 1. The third kappa shape index (κ3) is 4.15. The predicted octanol–water partition coefficient (Wildman–Crippen LogP) is 4.12. The van der Waals surface area contributed by atoms with Gasteiger partial charge in [-0.15, -0.1) is 0 Å². The van der Waals surface area contributed by atoms with Gasteiger partial charge in [0.15, 0.2) is 11.5 Å². The molecule has 1 saturated carbocycles. The molecule has 0 bridgehead atoms. The van der Waals surface area contributed by atoms with E-state index in [0.717, 1.165) is 24.0 Å². The topological polar surface area (TPSA) is 38.8 Å². The molecule has 0 atom stereocenters. The van der Waals surface area contributed by atoms with Crippen molar-refractivity contribution < 1.29 is 14.3 Å². The van der Waals surface area contributed by atoms with E-state index in [-0.39, 0.29) is 5.91 Å². The number of carbonyl (C=O) groups is 1. The van der Waals surface area contributed by atoms with Crippen molar-refractivity contribution >= 4 is 21.8 Å². The molecule has 1 amide bonds. The van der Waals surface area contributed by atoms with Crippen molar-refractivity contribution in [1.29, 1.82) is 0 Å². The van der Waals surface area contributed by atoms with Crippen LogP contribution < -0.4 is 9.47 Å². The predicted molar refractivity (Wildman–Crippen MR) is 90.8 cm³/mol. The van der Waals surface area contributed by atoms with Gasteiger partial charge in [0.05, 0.1) is 18.2 Å². The third-order valence-corrected chi connectivity index (χ3v) is 4.31.